The van der Waals surface area contributed by atoms with Crippen LogP contribution in [0.3, 0.4) is 0 Å². The third-order valence-electron chi connectivity index (χ3n) is 5.34. The molecule has 0 spiro atoms. The monoisotopic (exact) mass is 500 g/mol. The van der Waals surface area contributed by atoms with Gasteiger partial charge in [0.25, 0.3) is 0 Å². The molecule has 0 amide bonds. The molecule has 0 nitrogen and oxygen atoms in total. The van der Waals surface area contributed by atoms with E-state index in [1.165, 1.54) is 32.1 Å². The molecule has 0 fully saturated rings. The van der Waals surface area contributed by atoms with E-state index in [4.69, 9.17) is 0 Å². The Kier molecular flexibility index (Phi) is 8.43. The van der Waals surface area contributed by atoms with Gasteiger partial charge in [0.2, 0.25) is 0 Å². The first-order valence-corrected chi connectivity index (χ1v) is 23.9. The Bertz CT molecular complexity index is 676. The molecule has 25 heavy (non-hydrogen) atoms. The molecule has 140 valence electrons. The molecule has 0 radical (unpaired) electrons. The number of hydrogen-bond acceptors (Lipinski definition) is 1. The summed E-state index contributed by atoms with van der Waals surface area (Å²) in [6.45, 7) is 7.02. The van der Waals surface area contributed by atoms with Gasteiger partial charge in [-0.15, -0.1) is 0 Å². The summed E-state index contributed by atoms with van der Waals surface area (Å²) in [5.74, 6) is 0.908. The molecular weight excluding hydrogens is 463 g/mol. The van der Waals surface area contributed by atoms with Crippen LogP contribution in [0.2, 0.25) is 14.8 Å². The van der Waals surface area contributed by atoms with Crippen molar-refractivity contribution in [3.63, 3.8) is 0 Å². The average Bonchev–Trinajstić information content (AvgIpc) is 3.14. The van der Waals surface area contributed by atoms with E-state index < -0.39 is 18.4 Å². The Morgan fingerprint density at radius 1 is 1.16 bits per heavy atom. The molecule has 1 aromatic rings. The first-order chi connectivity index (χ1) is 11.8. The summed E-state index contributed by atoms with van der Waals surface area (Å²) in [6.07, 6.45) is 7.93. The number of rotatable bonds is 9. The van der Waals surface area contributed by atoms with Crippen molar-refractivity contribution in [1.82, 2.24) is 0 Å². The van der Waals surface area contributed by atoms with Crippen LogP contribution in [0.15, 0.2) is 26.0 Å². The molecular formula is C21H36S2SiSn. The predicted octanol–water partition coefficient (Wildman–Crippen LogP) is 7.22. The molecule has 1 aliphatic rings. The molecule has 0 aliphatic carbocycles. The normalized spacial score (nSPS) is 19.4. The topological polar surface area (TPSA) is 0 Å². The van der Waals surface area contributed by atoms with Crippen LogP contribution in [0.5, 0.6) is 0 Å². The summed E-state index contributed by atoms with van der Waals surface area (Å²) < 4.78 is 1.84. The van der Waals surface area contributed by atoms with E-state index in [-0.39, 0.29) is 0 Å². The molecule has 4 heteroatoms. The molecule has 1 aliphatic heterocycles. The van der Waals surface area contributed by atoms with E-state index >= 15 is 0 Å². The van der Waals surface area contributed by atoms with Crippen molar-refractivity contribution in [2.45, 2.75) is 74.1 Å². The zero-order valence-electron chi connectivity index (χ0n) is 17.1. The number of hydrogen-bond donors (Lipinski definition) is 0. The van der Waals surface area contributed by atoms with Gasteiger partial charge in [0.05, 0.1) is 0 Å². The predicted molar refractivity (Wildman–Crippen MR) is 126 cm³/mol. The third-order valence-corrected chi connectivity index (χ3v) is 15.8. The van der Waals surface area contributed by atoms with Gasteiger partial charge < -0.3 is 0 Å². The molecule has 0 bridgehead atoms. The van der Waals surface area contributed by atoms with Crippen molar-refractivity contribution < 1.29 is 0 Å². The van der Waals surface area contributed by atoms with Gasteiger partial charge >= 0.3 is 170 Å². The van der Waals surface area contributed by atoms with E-state index in [0.717, 1.165) is 12.3 Å². The van der Waals surface area contributed by atoms with Crippen LogP contribution in [0, 0.1) is 5.92 Å². The molecule has 0 saturated carbocycles. The van der Waals surface area contributed by atoms with Crippen LogP contribution in [0.4, 0.5) is 0 Å². The second-order valence-electron chi connectivity index (χ2n) is 8.25. The summed E-state index contributed by atoms with van der Waals surface area (Å²) in [6, 6.07) is 2.36. The quantitative estimate of drug-likeness (QED) is 0.315. The second-order valence-corrected chi connectivity index (χ2v) is 26.9. The second kappa shape index (κ2) is 9.65. The Labute approximate surface area is 169 Å². The summed E-state index contributed by atoms with van der Waals surface area (Å²) in [5.41, 5.74) is 3.36. The van der Waals surface area contributed by atoms with Gasteiger partial charge in [-0.1, -0.05) is 0 Å². The maximum absolute atomic E-state index is 2.69. The van der Waals surface area contributed by atoms with Gasteiger partial charge in [-0.2, -0.15) is 0 Å². The number of thiophene rings is 1. The molecule has 1 aromatic heterocycles. The Morgan fingerprint density at radius 2 is 1.88 bits per heavy atom. The number of allylic oxidation sites excluding steroid dienone is 2. The third kappa shape index (κ3) is 5.29. The summed E-state index contributed by atoms with van der Waals surface area (Å²) in [4.78, 5) is 11.1. The summed E-state index contributed by atoms with van der Waals surface area (Å²) in [5, 5.41) is 5.00. The van der Waals surface area contributed by atoms with Gasteiger partial charge in [0.1, 0.15) is 0 Å². The van der Waals surface area contributed by atoms with E-state index in [1.807, 2.05) is 14.9 Å². The van der Waals surface area contributed by atoms with E-state index in [1.54, 1.807) is 20.9 Å². The van der Waals surface area contributed by atoms with Crippen LogP contribution in [-0.4, -0.2) is 27.3 Å². The molecule has 2 unspecified atom stereocenters. The first kappa shape index (κ1) is 21.8. The van der Waals surface area contributed by atoms with E-state index in [2.05, 4.69) is 61.4 Å². The minimum absolute atomic E-state index is 0.329. The van der Waals surface area contributed by atoms with E-state index in [9.17, 15) is 0 Å². The molecule has 2 heterocycles. The van der Waals surface area contributed by atoms with Crippen LogP contribution >= 0.6 is 21.2 Å². The standard InChI is InChI=1S/C18H27S2Si.3CH3.Sn/c1-4-7-14(5-2)8-9-16-11-13-20(21)18(16)17-15(6-3)10-12-19-17;;;;/h10,12-14H,4-9,21H2,1-3H3;3*1H3;. The van der Waals surface area contributed by atoms with Crippen LogP contribution in [0.1, 0.15) is 63.3 Å². The van der Waals surface area contributed by atoms with Crippen molar-refractivity contribution in [2.24, 2.45) is 5.92 Å². The first-order valence-electron chi connectivity index (χ1n) is 9.88. The van der Waals surface area contributed by atoms with E-state index in [0.29, 0.717) is 9.89 Å². The molecule has 2 atom stereocenters. The van der Waals surface area contributed by atoms with Crippen molar-refractivity contribution in [1.29, 1.82) is 0 Å². The average molecular weight is 499 g/mol. The fourth-order valence-corrected chi connectivity index (χ4v) is 18.0. The van der Waals surface area contributed by atoms with Gasteiger partial charge in [0, 0.05) is 0 Å². The Morgan fingerprint density at radius 3 is 2.44 bits per heavy atom. The van der Waals surface area contributed by atoms with Crippen LogP contribution < -0.4 is 0 Å². The fourth-order valence-electron chi connectivity index (χ4n) is 3.81. The zero-order chi connectivity index (χ0) is 18.6. The van der Waals surface area contributed by atoms with Gasteiger partial charge in [0.15, 0.2) is 0 Å². The van der Waals surface area contributed by atoms with Crippen molar-refractivity contribution in [3.05, 3.63) is 36.5 Å². The molecule has 0 saturated heterocycles. The van der Waals surface area contributed by atoms with Crippen molar-refractivity contribution >= 4 is 53.5 Å². The van der Waals surface area contributed by atoms with Gasteiger partial charge in [-0.25, -0.2) is 0 Å². The molecule has 2 rings (SSSR count). The maximum atomic E-state index is 2.69. The fraction of sp³-hybridized carbons (Fsp3) is 0.619. The molecule has 0 aromatic carbocycles. The number of aryl methyl sites for hydroxylation is 1. The van der Waals surface area contributed by atoms with Crippen LogP contribution in [-0.2, 0) is 6.42 Å². The SMILES string of the molecule is CCCC(CC)CCC1=C(c2sccc2CC)S(=[SiH2])C=[C]1[Sn]([CH3])([CH3])[CH3]. The zero-order valence-corrected chi connectivity index (χ0v) is 23.0. The summed E-state index contributed by atoms with van der Waals surface area (Å²) >= 11 is -0.0961. The van der Waals surface area contributed by atoms with Crippen molar-refractivity contribution in [2.75, 3.05) is 0 Å². The van der Waals surface area contributed by atoms with Gasteiger partial charge in [-0.3, -0.25) is 0 Å². The Hall–Kier alpha value is 0.546. The Balaban J connectivity index is 2.43. The minimum atomic E-state index is -2.08. The van der Waals surface area contributed by atoms with Crippen LogP contribution in [0.25, 0.3) is 4.91 Å². The van der Waals surface area contributed by atoms with Crippen molar-refractivity contribution in [3.8, 4) is 0 Å². The summed E-state index contributed by atoms with van der Waals surface area (Å²) in [7, 11) is 2.55. The molecule has 0 N–H and O–H groups in total. The van der Waals surface area contributed by atoms with Gasteiger partial charge in [-0.05, 0) is 0 Å².